The van der Waals surface area contributed by atoms with Gasteiger partial charge in [-0.1, -0.05) is 11.6 Å². The van der Waals surface area contributed by atoms with Gasteiger partial charge in [-0.05, 0) is 13.0 Å². The van der Waals surface area contributed by atoms with Crippen LogP contribution in [-0.4, -0.2) is 6.21 Å². The van der Waals surface area contributed by atoms with Crippen LogP contribution in [-0.2, 0) is 0 Å². The van der Waals surface area contributed by atoms with E-state index in [1.165, 1.54) is 6.08 Å². The molecule has 0 spiro atoms. The first-order chi connectivity index (χ1) is 2.77. The van der Waals surface area contributed by atoms with Crippen LogP contribution < -0.4 is 0 Å². The molecule has 0 unspecified atom stereocenters. The first kappa shape index (κ1) is 5.70. The molecule has 0 saturated heterocycles. The van der Waals surface area contributed by atoms with Crippen LogP contribution in [0.3, 0.4) is 0 Å². The Morgan fingerprint density at radius 1 is 1.83 bits per heavy atom. The standard InChI is InChI=1S/C4H6ClN/c1-4(5)2-3-6/h2-3,6H,1H3/b4-2+,6-3?. The van der Waals surface area contributed by atoms with Gasteiger partial charge in [-0.2, -0.15) is 0 Å². The minimum atomic E-state index is 0.644. The molecule has 0 aromatic rings. The molecule has 0 bridgehead atoms. The summed E-state index contributed by atoms with van der Waals surface area (Å²) < 4.78 is 0. The fourth-order valence-electron chi connectivity index (χ4n) is 0.115. The molecule has 34 valence electrons. The van der Waals surface area contributed by atoms with Gasteiger partial charge in [-0.15, -0.1) is 0 Å². The van der Waals surface area contributed by atoms with E-state index in [4.69, 9.17) is 17.0 Å². The van der Waals surface area contributed by atoms with Crippen molar-refractivity contribution in [1.82, 2.24) is 0 Å². The zero-order valence-electron chi connectivity index (χ0n) is 3.53. The second-order valence-corrected chi connectivity index (χ2v) is 1.52. The molecule has 0 aromatic carbocycles. The second kappa shape index (κ2) is 2.91. The third-order valence-electron chi connectivity index (χ3n) is 0.313. The van der Waals surface area contributed by atoms with Gasteiger partial charge in [-0.3, -0.25) is 0 Å². The SMILES string of the molecule is C/C(Cl)=C\C=N. The molecule has 0 amide bonds. The molecule has 0 aliphatic carbocycles. The number of allylic oxidation sites excluding steroid dienone is 2. The number of nitrogens with one attached hydrogen (secondary N) is 1. The minimum Gasteiger partial charge on any atom is -0.309 e. The molecule has 0 rings (SSSR count). The number of hydrogen-bond donors (Lipinski definition) is 1. The number of hydrogen-bond acceptors (Lipinski definition) is 1. The molecular weight excluding hydrogens is 97.5 g/mol. The number of halogens is 1. The molecule has 0 atom stereocenters. The third kappa shape index (κ3) is 3.70. The Morgan fingerprint density at radius 3 is 2.33 bits per heavy atom. The van der Waals surface area contributed by atoms with Crippen LogP contribution in [0.15, 0.2) is 11.1 Å². The molecular formula is C4H6ClN. The molecule has 6 heavy (non-hydrogen) atoms. The van der Waals surface area contributed by atoms with Crippen molar-refractivity contribution in [3.63, 3.8) is 0 Å². The van der Waals surface area contributed by atoms with Gasteiger partial charge in [0.2, 0.25) is 0 Å². The van der Waals surface area contributed by atoms with E-state index in [2.05, 4.69) is 0 Å². The van der Waals surface area contributed by atoms with Crippen molar-refractivity contribution in [2.24, 2.45) is 0 Å². The van der Waals surface area contributed by atoms with E-state index in [0.29, 0.717) is 5.03 Å². The summed E-state index contributed by atoms with van der Waals surface area (Å²) in [6, 6.07) is 0. The average molecular weight is 104 g/mol. The maximum absolute atomic E-state index is 6.45. The van der Waals surface area contributed by atoms with Gasteiger partial charge >= 0.3 is 0 Å². The van der Waals surface area contributed by atoms with Crippen LogP contribution in [0.5, 0.6) is 0 Å². The first-order valence-corrected chi connectivity index (χ1v) is 1.98. The van der Waals surface area contributed by atoms with Gasteiger partial charge < -0.3 is 5.41 Å². The highest BCUT2D eigenvalue weighted by molar-refractivity contribution is 6.30. The lowest BCUT2D eigenvalue weighted by molar-refractivity contribution is 1.56. The van der Waals surface area contributed by atoms with Gasteiger partial charge in [0.25, 0.3) is 0 Å². The smallest absolute Gasteiger partial charge is 0.0189 e. The van der Waals surface area contributed by atoms with Gasteiger partial charge in [0.05, 0.1) is 0 Å². The molecule has 0 aromatic heterocycles. The molecule has 1 nitrogen and oxygen atoms in total. The lowest BCUT2D eigenvalue weighted by Crippen LogP contribution is -1.57. The van der Waals surface area contributed by atoms with Crippen LogP contribution >= 0.6 is 11.6 Å². The van der Waals surface area contributed by atoms with E-state index >= 15 is 0 Å². The molecule has 2 heteroatoms. The van der Waals surface area contributed by atoms with Gasteiger partial charge in [-0.25, -0.2) is 0 Å². The predicted molar refractivity (Wildman–Crippen MR) is 28.4 cm³/mol. The zero-order chi connectivity index (χ0) is 4.99. The largest absolute Gasteiger partial charge is 0.309 e. The Labute approximate surface area is 42.1 Å². The summed E-state index contributed by atoms with van der Waals surface area (Å²) in [4.78, 5) is 0. The van der Waals surface area contributed by atoms with E-state index in [0.717, 1.165) is 6.21 Å². The normalized spacial score (nSPS) is 11.3. The Kier molecular flexibility index (Phi) is 2.77. The topological polar surface area (TPSA) is 23.9 Å². The molecule has 0 saturated carbocycles. The van der Waals surface area contributed by atoms with Crippen LogP contribution in [0, 0.1) is 5.41 Å². The highest BCUT2D eigenvalue weighted by atomic mass is 35.5. The average Bonchev–Trinajstić information content (AvgIpc) is 1.35. The van der Waals surface area contributed by atoms with E-state index in [1.54, 1.807) is 6.92 Å². The van der Waals surface area contributed by atoms with Gasteiger partial charge in [0.15, 0.2) is 0 Å². The van der Waals surface area contributed by atoms with E-state index in [1.807, 2.05) is 0 Å². The van der Waals surface area contributed by atoms with Crippen LogP contribution in [0.2, 0.25) is 0 Å². The van der Waals surface area contributed by atoms with Gasteiger partial charge in [0.1, 0.15) is 0 Å². The predicted octanol–water partition coefficient (Wildman–Crippen LogP) is 1.78. The quantitative estimate of drug-likeness (QED) is 0.489. The molecule has 0 aliphatic heterocycles. The minimum absolute atomic E-state index is 0.644. The van der Waals surface area contributed by atoms with E-state index < -0.39 is 0 Å². The van der Waals surface area contributed by atoms with Crippen molar-refractivity contribution in [2.45, 2.75) is 6.92 Å². The van der Waals surface area contributed by atoms with Crippen molar-refractivity contribution in [2.75, 3.05) is 0 Å². The van der Waals surface area contributed by atoms with E-state index in [-0.39, 0.29) is 0 Å². The van der Waals surface area contributed by atoms with Crippen molar-refractivity contribution < 1.29 is 0 Å². The van der Waals surface area contributed by atoms with Crippen molar-refractivity contribution in [3.8, 4) is 0 Å². The summed E-state index contributed by atoms with van der Waals surface area (Å²) >= 11 is 5.29. The summed E-state index contributed by atoms with van der Waals surface area (Å²) in [5.41, 5.74) is 0. The summed E-state index contributed by atoms with van der Waals surface area (Å²) in [5, 5.41) is 7.09. The Morgan fingerprint density at radius 2 is 2.33 bits per heavy atom. The zero-order valence-corrected chi connectivity index (χ0v) is 4.29. The lowest BCUT2D eigenvalue weighted by Gasteiger charge is -1.71. The van der Waals surface area contributed by atoms with Crippen LogP contribution in [0.1, 0.15) is 6.92 Å². The highest BCUT2D eigenvalue weighted by Crippen LogP contribution is 1.93. The monoisotopic (exact) mass is 103 g/mol. The maximum atomic E-state index is 6.45. The Hall–Kier alpha value is -0.300. The van der Waals surface area contributed by atoms with Crippen LogP contribution in [0.25, 0.3) is 0 Å². The van der Waals surface area contributed by atoms with E-state index in [9.17, 15) is 0 Å². The molecule has 0 radical (unpaired) electrons. The summed E-state index contributed by atoms with van der Waals surface area (Å²) in [6.07, 6.45) is 2.67. The number of rotatable bonds is 1. The second-order valence-electron chi connectivity index (χ2n) is 0.920. The molecule has 0 aliphatic rings. The highest BCUT2D eigenvalue weighted by Gasteiger charge is 1.68. The molecule has 0 heterocycles. The Balaban J connectivity index is 3.41. The third-order valence-corrected chi connectivity index (χ3v) is 0.439. The fraction of sp³-hybridized carbons (Fsp3) is 0.250. The Bertz CT molecular complexity index is 71.6. The molecule has 0 fully saturated rings. The lowest BCUT2D eigenvalue weighted by atomic mass is 10.6. The first-order valence-electron chi connectivity index (χ1n) is 1.60. The van der Waals surface area contributed by atoms with Gasteiger partial charge in [0, 0.05) is 11.2 Å². The maximum Gasteiger partial charge on any atom is 0.0189 e. The fourth-order valence-corrected chi connectivity index (χ4v) is 0.178. The summed E-state index contributed by atoms with van der Waals surface area (Å²) in [7, 11) is 0. The van der Waals surface area contributed by atoms with Crippen molar-refractivity contribution in [1.29, 1.82) is 5.41 Å². The summed E-state index contributed by atoms with van der Waals surface area (Å²) in [6.45, 7) is 1.73. The van der Waals surface area contributed by atoms with Crippen molar-refractivity contribution >= 4 is 17.8 Å². The summed E-state index contributed by atoms with van der Waals surface area (Å²) in [5.74, 6) is 0. The van der Waals surface area contributed by atoms with Crippen LogP contribution in [0.4, 0.5) is 0 Å². The molecule has 1 N–H and O–H groups in total. The van der Waals surface area contributed by atoms with Crippen molar-refractivity contribution in [3.05, 3.63) is 11.1 Å².